The van der Waals surface area contributed by atoms with E-state index >= 15 is 0 Å². The van der Waals surface area contributed by atoms with Crippen LogP contribution in [0.25, 0.3) is 0 Å². The van der Waals surface area contributed by atoms with Crippen LogP contribution in [-0.4, -0.2) is 32.1 Å². The fourth-order valence-corrected chi connectivity index (χ4v) is 4.49. The summed E-state index contributed by atoms with van der Waals surface area (Å²) >= 11 is 8.11. The second kappa shape index (κ2) is 4.76. The van der Waals surface area contributed by atoms with Crippen LogP contribution in [0.3, 0.4) is 0 Å². The highest BCUT2D eigenvalue weighted by Gasteiger charge is 2.36. The molecule has 104 valence electrons. The number of rotatable bonds is 1. The van der Waals surface area contributed by atoms with E-state index < -0.39 is 0 Å². The van der Waals surface area contributed by atoms with Gasteiger partial charge in [-0.2, -0.15) is 0 Å². The fraction of sp³-hybridized carbons (Fsp3) is 0.643. The third kappa shape index (κ3) is 2.41. The van der Waals surface area contributed by atoms with Gasteiger partial charge in [0.05, 0.1) is 23.1 Å². The van der Waals surface area contributed by atoms with Gasteiger partial charge in [-0.1, -0.05) is 25.4 Å². The molecule has 1 saturated heterocycles. The van der Waals surface area contributed by atoms with Crippen molar-refractivity contribution in [1.82, 2.24) is 0 Å². The predicted octanol–water partition coefficient (Wildman–Crippen LogP) is 3.39. The molecule has 0 unspecified atom stereocenters. The number of thiophene rings is 1. The summed E-state index contributed by atoms with van der Waals surface area (Å²) in [6.45, 7) is 7.45. The smallest absolute Gasteiger partial charge is 0.173 e. The van der Waals surface area contributed by atoms with E-state index in [-0.39, 0.29) is 11.2 Å². The molecule has 0 atom stereocenters. The third-order valence-electron chi connectivity index (χ3n) is 3.77. The Labute approximate surface area is 122 Å². The molecule has 1 aliphatic heterocycles. The van der Waals surface area contributed by atoms with E-state index in [1.165, 1.54) is 0 Å². The molecule has 1 aromatic rings. The number of halogens is 1. The fourth-order valence-electron chi connectivity index (χ4n) is 2.84. The molecular weight excluding hydrogens is 282 g/mol. The molecule has 2 aliphatic rings. The maximum Gasteiger partial charge on any atom is 0.173 e. The van der Waals surface area contributed by atoms with Crippen LogP contribution in [0.2, 0.25) is 5.02 Å². The summed E-state index contributed by atoms with van der Waals surface area (Å²) in [5.41, 5.74) is 1.09. The second-order valence-corrected chi connectivity index (χ2v) is 7.45. The maximum absolute atomic E-state index is 12.3. The van der Waals surface area contributed by atoms with Crippen LogP contribution < -0.4 is 4.90 Å². The van der Waals surface area contributed by atoms with E-state index in [0.717, 1.165) is 53.2 Å². The Morgan fingerprint density at radius 2 is 1.95 bits per heavy atom. The van der Waals surface area contributed by atoms with Gasteiger partial charge in [0.15, 0.2) is 5.78 Å². The summed E-state index contributed by atoms with van der Waals surface area (Å²) in [7, 11) is 0. The van der Waals surface area contributed by atoms with Crippen molar-refractivity contribution in [3.63, 3.8) is 0 Å². The number of carbonyl (C=O) groups is 1. The molecule has 19 heavy (non-hydrogen) atoms. The summed E-state index contributed by atoms with van der Waals surface area (Å²) in [6, 6.07) is 0. The molecule has 0 spiro atoms. The van der Waals surface area contributed by atoms with Gasteiger partial charge in [0.1, 0.15) is 5.00 Å². The topological polar surface area (TPSA) is 29.5 Å². The van der Waals surface area contributed by atoms with Crippen molar-refractivity contribution >= 4 is 33.7 Å². The van der Waals surface area contributed by atoms with Crippen molar-refractivity contribution in [1.29, 1.82) is 0 Å². The number of ketones is 1. The van der Waals surface area contributed by atoms with Gasteiger partial charge in [-0.3, -0.25) is 4.79 Å². The van der Waals surface area contributed by atoms with E-state index in [2.05, 4.69) is 18.7 Å². The van der Waals surface area contributed by atoms with Gasteiger partial charge in [0.2, 0.25) is 0 Å². The minimum Gasteiger partial charge on any atom is -0.378 e. The van der Waals surface area contributed by atoms with Crippen LogP contribution in [0.4, 0.5) is 5.00 Å². The largest absolute Gasteiger partial charge is 0.378 e. The lowest BCUT2D eigenvalue weighted by molar-refractivity contribution is 0.0917. The normalized spacial score (nSPS) is 22.5. The number of carbonyl (C=O) groups excluding carboxylic acids is 1. The number of morpholine rings is 1. The van der Waals surface area contributed by atoms with Crippen molar-refractivity contribution < 1.29 is 9.53 Å². The molecule has 0 aromatic carbocycles. The molecular formula is C14H18ClNO2S. The zero-order chi connectivity index (χ0) is 13.6. The van der Waals surface area contributed by atoms with Gasteiger partial charge >= 0.3 is 0 Å². The summed E-state index contributed by atoms with van der Waals surface area (Å²) in [6.07, 6.45) is 1.52. The molecule has 1 fully saturated rings. The molecule has 1 aliphatic carbocycles. The van der Waals surface area contributed by atoms with Gasteiger partial charge in [0, 0.05) is 19.5 Å². The number of fused-ring (bicyclic) bond motifs is 1. The zero-order valence-electron chi connectivity index (χ0n) is 11.3. The van der Waals surface area contributed by atoms with Crippen molar-refractivity contribution in [2.75, 3.05) is 31.2 Å². The first-order valence-electron chi connectivity index (χ1n) is 6.65. The lowest BCUT2D eigenvalue weighted by Crippen LogP contribution is -2.35. The second-order valence-electron chi connectivity index (χ2n) is 6.07. The highest BCUT2D eigenvalue weighted by molar-refractivity contribution is 7.19. The lowest BCUT2D eigenvalue weighted by atomic mass is 9.76. The molecule has 2 heterocycles. The van der Waals surface area contributed by atoms with E-state index in [9.17, 15) is 4.79 Å². The van der Waals surface area contributed by atoms with Crippen LogP contribution in [-0.2, 0) is 11.2 Å². The number of anilines is 1. The quantitative estimate of drug-likeness (QED) is 0.796. The first-order valence-corrected chi connectivity index (χ1v) is 7.84. The van der Waals surface area contributed by atoms with Crippen LogP contribution in [0.5, 0.6) is 0 Å². The Morgan fingerprint density at radius 1 is 1.26 bits per heavy atom. The van der Waals surface area contributed by atoms with Crippen LogP contribution in [0.15, 0.2) is 0 Å². The standard InChI is InChI=1S/C14H18ClNO2S/c1-14(2)7-9-11(15)13(16-3-5-18-6-4-16)19-12(9)10(17)8-14/h3-8H2,1-2H3. The minimum absolute atomic E-state index is 0.0249. The van der Waals surface area contributed by atoms with Gasteiger partial charge in [-0.15, -0.1) is 11.3 Å². The van der Waals surface area contributed by atoms with Crippen molar-refractivity contribution in [3.05, 3.63) is 15.5 Å². The predicted molar refractivity (Wildman–Crippen MR) is 78.8 cm³/mol. The first-order chi connectivity index (χ1) is 8.98. The Morgan fingerprint density at radius 3 is 2.63 bits per heavy atom. The Kier molecular flexibility index (Phi) is 3.36. The van der Waals surface area contributed by atoms with E-state index in [1.54, 1.807) is 11.3 Å². The molecule has 1 aromatic heterocycles. The first kappa shape index (κ1) is 13.4. The SMILES string of the molecule is CC1(C)CC(=O)c2sc(N3CCOCC3)c(Cl)c2C1. The Bertz CT molecular complexity index is 518. The van der Waals surface area contributed by atoms with E-state index in [4.69, 9.17) is 16.3 Å². The summed E-state index contributed by atoms with van der Waals surface area (Å²) in [5.74, 6) is 0.248. The highest BCUT2D eigenvalue weighted by Crippen LogP contribution is 2.47. The molecule has 5 heteroatoms. The summed E-state index contributed by atoms with van der Waals surface area (Å²) in [5, 5.41) is 1.85. The Balaban J connectivity index is 1.99. The van der Waals surface area contributed by atoms with Gasteiger partial charge in [0.25, 0.3) is 0 Å². The zero-order valence-corrected chi connectivity index (χ0v) is 12.9. The maximum atomic E-state index is 12.3. The van der Waals surface area contributed by atoms with Crippen LogP contribution in [0, 0.1) is 5.41 Å². The number of nitrogens with zero attached hydrogens (tertiary/aromatic N) is 1. The molecule has 3 rings (SSSR count). The molecule has 0 radical (unpaired) electrons. The molecule has 0 bridgehead atoms. The highest BCUT2D eigenvalue weighted by atomic mass is 35.5. The number of ether oxygens (including phenoxy) is 1. The average Bonchev–Trinajstić information content (AvgIpc) is 2.67. The molecule has 0 saturated carbocycles. The minimum atomic E-state index is 0.0249. The summed E-state index contributed by atoms with van der Waals surface area (Å²) in [4.78, 5) is 15.4. The van der Waals surface area contributed by atoms with Crippen molar-refractivity contribution in [2.45, 2.75) is 26.7 Å². The van der Waals surface area contributed by atoms with Crippen LogP contribution >= 0.6 is 22.9 Å². The van der Waals surface area contributed by atoms with Gasteiger partial charge in [-0.25, -0.2) is 0 Å². The van der Waals surface area contributed by atoms with Crippen molar-refractivity contribution in [2.24, 2.45) is 5.41 Å². The van der Waals surface area contributed by atoms with Crippen molar-refractivity contribution in [3.8, 4) is 0 Å². The Hall–Kier alpha value is -0.580. The number of hydrogen-bond donors (Lipinski definition) is 0. The number of hydrogen-bond acceptors (Lipinski definition) is 4. The van der Waals surface area contributed by atoms with Crippen LogP contribution in [0.1, 0.15) is 35.5 Å². The van der Waals surface area contributed by atoms with E-state index in [0.29, 0.717) is 6.42 Å². The third-order valence-corrected chi connectivity index (χ3v) is 5.62. The van der Waals surface area contributed by atoms with Gasteiger partial charge in [-0.05, 0) is 17.4 Å². The monoisotopic (exact) mass is 299 g/mol. The molecule has 0 amide bonds. The average molecular weight is 300 g/mol. The molecule has 3 nitrogen and oxygen atoms in total. The van der Waals surface area contributed by atoms with E-state index in [1.807, 2.05) is 0 Å². The van der Waals surface area contributed by atoms with Gasteiger partial charge < -0.3 is 9.64 Å². The number of Topliss-reactive ketones (excluding diaryl/α,β-unsaturated/α-hetero) is 1. The molecule has 0 N–H and O–H groups in total. The lowest BCUT2D eigenvalue weighted by Gasteiger charge is -2.28. The summed E-state index contributed by atoms with van der Waals surface area (Å²) < 4.78 is 5.37.